The van der Waals surface area contributed by atoms with Crippen LogP contribution in [-0.2, 0) is 17.8 Å². The summed E-state index contributed by atoms with van der Waals surface area (Å²) in [6.45, 7) is 3.01. The van der Waals surface area contributed by atoms with Gasteiger partial charge in [0.25, 0.3) is 0 Å². The Morgan fingerprint density at radius 1 is 1.09 bits per heavy atom. The molecule has 120 valence electrons. The third-order valence-electron chi connectivity index (χ3n) is 4.06. The second-order valence-electron chi connectivity index (χ2n) is 6.18. The average Bonchev–Trinajstić information content (AvgIpc) is 2.92. The molecule has 0 saturated carbocycles. The van der Waals surface area contributed by atoms with Gasteiger partial charge in [0, 0.05) is 0 Å². The van der Waals surface area contributed by atoms with Crippen LogP contribution >= 0.6 is 0 Å². The van der Waals surface area contributed by atoms with Crippen molar-refractivity contribution in [2.75, 3.05) is 6.61 Å². The Balaban J connectivity index is 1.50. The molecule has 0 aliphatic carbocycles. The van der Waals surface area contributed by atoms with Gasteiger partial charge in [-0.1, -0.05) is 42.5 Å². The van der Waals surface area contributed by atoms with Gasteiger partial charge in [-0.05, 0) is 43.0 Å². The van der Waals surface area contributed by atoms with Crippen LogP contribution in [0.3, 0.4) is 0 Å². The van der Waals surface area contributed by atoms with Crippen LogP contribution in [0, 0.1) is 0 Å². The van der Waals surface area contributed by atoms with Gasteiger partial charge >= 0.3 is 6.09 Å². The number of aryl methyl sites for hydroxylation is 1. The first-order valence-electron chi connectivity index (χ1n) is 7.84. The molecule has 1 saturated heterocycles. The molecule has 0 aromatic heterocycles. The first-order valence-corrected chi connectivity index (χ1v) is 7.84. The number of amides is 1. The van der Waals surface area contributed by atoms with Crippen molar-refractivity contribution in [3.63, 3.8) is 0 Å². The van der Waals surface area contributed by atoms with Gasteiger partial charge in [0.15, 0.2) is 0 Å². The van der Waals surface area contributed by atoms with Crippen molar-refractivity contribution in [3.8, 4) is 5.75 Å². The Labute approximate surface area is 136 Å². The minimum absolute atomic E-state index is 0.264. The number of carbonyl (C=O) groups is 1. The van der Waals surface area contributed by atoms with E-state index in [0.29, 0.717) is 13.2 Å². The van der Waals surface area contributed by atoms with Crippen LogP contribution in [0.4, 0.5) is 4.79 Å². The zero-order valence-corrected chi connectivity index (χ0v) is 13.2. The molecule has 1 heterocycles. The van der Waals surface area contributed by atoms with Crippen molar-refractivity contribution < 1.29 is 14.3 Å². The first kappa shape index (κ1) is 15.4. The van der Waals surface area contributed by atoms with Crippen molar-refractivity contribution in [2.24, 2.45) is 0 Å². The van der Waals surface area contributed by atoms with E-state index in [1.165, 1.54) is 5.56 Å². The van der Waals surface area contributed by atoms with Crippen molar-refractivity contribution in [1.82, 2.24) is 5.32 Å². The molecule has 2 aromatic carbocycles. The van der Waals surface area contributed by atoms with E-state index in [-0.39, 0.29) is 11.6 Å². The molecule has 1 fully saturated rings. The van der Waals surface area contributed by atoms with Crippen molar-refractivity contribution in [3.05, 3.63) is 65.7 Å². The Kier molecular flexibility index (Phi) is 4.51. The number of hydrogen-bond donors (Lipinski definition) is 1. The van der Waals surface area contributed by atoms with Crippen LogP contribution in [0.5, 0.6) is 5.75 Å². The minimum Gasteiger partial charge on any atom is -0.489 e. The molecule has 4 nitrogen and oxygen atoms in total. The van der Waals surface area contributed by atoms with Crippen LogP contribution in [-0.4, -0.2) is 18.2 Å². The summed E-state index contributed by atoms with van der Waals surface area (Å²) in [5, 5.41) is 2.86. The summed E-state index contributed by atoms with van der Waals surface area (Å²) < 4.78 is 10.8. The zero-order valence-electron chi connectivity index (χ0n) is 13.2. The van der Waals surface area contributed by atoms with E-state index in [0.717, 1.165) is 24.2 Å². The lowest BCUT2D eigenvalue weighted by molar-refractivity contribution is 0.172. The molecule has 0 radical (unpaired) electrons. The summed E-state index contributed by atoms with van der Waals surface area (Å²) in [4.78, 5) is 11.2. The van der Waals surface area contributed by atoms with E-state index in [1.807, 2.05) is 49.4 Å². The number of alkyl carbamates (subject to hydrolysis) is 1. The highest BCUT2D eigenvalue weighted by Gasteiger charge is 2.34. The van der Waals surface area contributed by atoms with Crippen LogP contribution in [0.2, 0.25) is 0 Å². The number of hydrogen-bond acceptors (Lipinski definition) is 3. The van der Waals surface area contributed by atoms with E-state index >= 15 is 0 Å². The van der Waals surface area contributed by atoms with Crippen molar-refractivity contribution in [2.45, 2.75) is 31.9 Å². The minimum atomic E-state index is -0.322. The summed E-state index contributed by atoms with van der Waals surface area (Å²) in [5.41, 5.74) is 2.11. The Bertz CT molecular complexity index is 654. The summed E-state index contributed by atoms with van der Waals surface area (Å²) in [5.74, 6) is 0.862. The van der Waals surface area contributed by atoms with Crippen LogP contribution in [0.1, 0.15) is 24.5 Å². The maximum Gasteiger partial charge on any atom is 0.407 e. The predicted octanol–water partition coefficient (Wildman–Crippen LogP) is 3.70. The van der Waals surface area contributed by atoms with Gasteiger partial charge in [-0.2, -0.15) is 0 Å². The molecule has 1 amide bonds. The van der Waals surface area contributed by atoms with E-state index in [2.05, 4.69) is 17.4 Å². The van der Waals surface area contributed by atoms with Crippen molar-refractivity contribution in [1.29, 1.82) is 0 Å². The lowest BCUT2D eigenvalue weighted by atomic mass is 9.95. The van der Waals surface area contributed by atoms with E-state index in [9.17, 15) is 4.79 Å². The number of cyclic esters (lactones) is 1. The smallest absolute Gasteiger partial charge is 0.407 e. The molecule has 4 heteroatoms. The number of nitrogens with one attached hydrogen (secondary N) is 1. The summed E-state index contributed by atoms with van der Waals surface area (Å²) in [7, 11) is 0. The van der Waals surface area contributed by atoms with Gasteiger partial charge < -0.3 is 14.8 Å². The second kappa shape index (κ2) is 6.73. The molecule has 23 heavy (non-hydrogen) atoms. The topological polar surface area (TPSA) is 47.6 Å². The maximum atomic E-state index is 11.2. The van der Waals surface area contributed by atoms with Gasteiger partial charge in [-0.15, -0.1) is 0 Å². The SMILES string of the molecule is C[C@@]1(CCc2ccc(OCc3ccccc3)cc2)COC(=O)N1. The lowest BCUT2D eigenvalue weighted by Gasteiger charge is -2.20. The zero-order chi connectivity index (χ0) is 16.1. The fourth-order valence-corrected chi connectivity index (χ4v) is 2.59. The second-order valence-corrected chi connectivity index (χ2v) is 6.18. The number of carbonyl (C=O) groups excluding carboxylic acids is 1. The molecular formula is C19H21NO3. The highest BCUT2D eigenvalue weighted by Crippen LogP contribution is 2.21. The average molecular weight is 311 g/mol. The molecule has 1 atom stereocenters. The highest BCUT2D eigenvalue weighted by molar-refractivity contribution is 5.70. The van der Waals surface area contributed by atoms with Gasteiger partial charge in [-0.25, -0.2) is 4.79 Å². The van der Waals surface area contributed by atoms with Gasteiger partial charge in [-0.3, -0.25) is 0 Å². The third kappa shape index (κ3) is 4.25. The fourth-order valence-electron chi connectivity index (χ4n) is 2.59. The first-order chi connectivity index (χ1) is 11.1. The molecule has 3 rings (SSSR count). The Morgan fingerprint density at radius 3 is 2.48 bits per heavy atom. The maximum absolute atomic E-state index is 11.2. The molecule has 0 spiro atoms. The van der Waals surface area contributed by atoms with Crippen LogP contribution < -0.4 is 10.1 Å². The predicted molar refractivity (Wildman–Crippen MR) is 88.4 cm³/mol. The Hall–Kier alpha value is -2.49. The highest BCUT2D eigenvalue weighted by atomic mass is 16.6. The number of rotatable bonds is 6. The van der Waals surface area contributed by atoms with Gasteiger partial charge in [0.2, 0.25) is 0 Å². The molecule has 0 unspecified atom stereocenters. The standard InChI is InChI=1S/C19H21NO3/c1-19(14-23-18(21)20-19)12-11-15-7-9-17(10-8-15)22-13-16-5-3-2-4-6-16/h2-10H,11-14H2,1H3,(H,20,21)/t19-/m1/s1. The molecule has 1 aliphatic heterocycles. The van der Waals surface area contributed by atoms with Gasteiger partial charge in [0.05, 0.1) is 5.54 Å². The Morgan fingerprint density at radius 2 is 1.83 bits per heavy atom. The van der Waals surface area contributed by atoms with E-state index in [1.54, 1.807) is 0 Å². The number of benzene rings is 2. The monoisotopic (exact) mass is 311 g/mol. The quantitative estimate of drug-likeness (QED) is 0.885. The number of ether oxygens (including phenoxy) is 2. The normalized spacial score (nSPS) is 20.0. The summed E-state index contributed by atoms with van der Waals surface area (Å²) >= 11 is 0. The van der Waals surface area contributed by atoms with E-state index < -0.39 is 0 Å². The third-order valence-corrected chi connectivity index (χ3v) is 4.06. The molecule has 1 aliphatic rings. The summed E-state index contributed by atoms with van der Waals surface area (Å²) in [6.07, 6.45) is 1.42. The molecule has 2 aromatic rings. The fraction of sp³-hybridized carbons (Fsp3) is 0.316. The largest absolute Gasteiger partial charge is 0.489 e. The van der Waals surface area contributed by atoms with Crippen LogP contribution in [0.25, 0.3) is 0 Å². The van der Waals surface area contributed by atoms with Gasteiger partial charge in [0.1, 0.15) is 19.0 Å². The molecule has 1 N–H and O–H groups in total. The van der Waals surface area contributed by atoms with E-state index in [4.69, 9.17) is 9.47 Å². The van der Waals surface area contributed by atoms with Crippen LogP contribution in [0.15, 0.2) is 54.6 Å². The molecular weight excluding hydrogens is 290 g/mol. The summed E-state index contributed by atoms with van der Waals surface area (Å²) in [6, 6.07) is 18.2. The lowest BCUT2D eigenvalue weighted by Crippen LogP contribution is -2.40. The van der Waals surface area contributed by atoms with Crippen molar-refractivity contribution >= 4 is 6.09 Å². The molecule has 0 bridgehead atoms.